The molecule has 26 heavy (non-hydrogen) atoms. The van der Waals surface area contributed by atoms with Gasteiger partial charge in [-0.25, -0.2) is 0 Å². The van der Waals surface area contributed by atoms with Gasteiger partial charge in [-0.05, 0) is 43.0 Å². The topological polar surface area (TPSA) is 78.7 Å². The van der Waals surface area contributed by atoms with Gasteiger partial charge in [0.15, 0.2) is 0 Å². The molecule has 0 radical (unpaired) electrons. The molecule has 0 atom stereocenters. The first kappa shape index (κ1) is 15.1. The highest BCUT2D eigenvalue weighted by Crippen LogP contribution is 2.31. The van der Waals surface area contributed by atoms with Crippen LogP contribution in [0.4, 0.5) is 0 Å². The Balaban J connectivity index is 1.47. The first-order valence-electron chi connectivity index (χ1n) is 8.70. The molecule has 0 aromatic carbocycles. The minimum atomic E-state index is -0.0364. The van der Waals surface area contributed by atoms with Crippen LogP contribution in [0, 0.1) is 5.92 Å². The standard InChI is InChI=1S/C19H17N5O2/c25-19-17-14(6-9-23(17)11-13-4-5-13)7-10-24(19)12-16-21-18(22-26-16)15-3-1-2-8-20-15/h1-3,6-10,13H,4-5,11-12H2. The lowest BCUT2D eigenvalue weighted by Gasteiger charge is -2.06. The summed E-state index contributed by atoms with van der Waals surface area (Å²) in [6.45, 7) is 1.15. The van der Waals surface area contributed by atoms with Crippen molar-refractivity contribution >= 4 is 10.9 Å². The Morgan fingerprint density at radius 1 is 1.12 bits per heavy atom. The van der Waals surface area contributed by atoms with Crippen LogP contribution in [0.5, 0.6) is 0 Å². The molecular formula is C19H17N5O2. The van der Waals surface area contributed by atoms with Crippen LogP contribution in [0.15, 0.2) is 58.2 Å². The van der Waals surface area contributed by atoms with Crippen LogP contribution in [0.3, 0.4) is 0 Å². The lowest BCUT2D eigenvalue weighted by molar-refractivity contribution is 0.370. The third kappa shape index (κ3) is 2.71. The van der Waals surface area contributed by atoms with Crippen LogP contribution in [0.25, 0.3) is 22.4 Å². The second-order valence-corrected chi connectivity index (χ2v) is 6.69. The molecule has 0 spiro atoms. The van der Waals surface area contributed by atoms with E-state index < -0.39 is 0 Å². The Bertz CT molecular complexity index is 1120. The summed E-state index contributed by atoms with van der Waals surface area (Å²) in [5.74, 6) is 1.51. The summed E-state index contributed by atoms with van der Waals surface area (Å²) >= 11 is 0. The van der Waals surface area contributed by atoms with Gasteiger partial charge >= 0.3 is 0 Å². The molecule has 7 heteroatoms. The highest BCUT2D eigenvalue weighted by molar-refractivity contribution is 5.78. The number of fused-ring (bicyclic) bond motifs is 1. The zero-order chi connectivity index (χ0) is 17.5. The number of hydrogen-bond acceptors (Lipinski definition) is 5. The van der Waals surface area contributed by atoms with Crippen LogP contribution in [0.2, 0.25) is 0 Å². The first-order chi connectivity index (χ1) is 12.8. The zero-order valence-electron chi connectivity index (χ0n) is 14.1. The molecule has 7 nitrogen and oxygen atoms in total. The molecule has 4 aromatic heterocycles. The third-order valence-electron chi connectivity index (χ3n) is 4.71. The monoisotopic (exact) mass is 347 g/mol. The summed E-state index contributed by atoms with van der Waals surface area (Å²) in [6, 6.07) is 9.46. The van der Waals surface area contributed by atoms with Crippen molar-refractivity contribution in [2.75, 3.05) is 0 Å². The van der Waals surface area contributed by atoms with E-state index in [1.54, 1.807) is 17.0 Å². The summed E-state index contributed by atoms with van der Waals surface area (Å²) in [5.41, 5.74) is 1.35. The van der Waals surface area contributed by atoms with Crippen molar-refractivity contribution < 1.29 is 4.52 Å². The van der Waals surface area contributed by atoms with Gasteiger partial charge in [0.2, 0.25) is 11.7 Å². The summed E-state index contributed by atoms with van der Waals surface area (Å²) in [5, 5.41) is 4.93. The minimum absolute atomic E-state index is 0.0364. The normalized spacial score (nSPS) is 14.2. The van der Waals surface area contributed by atoms with Crippen LogP contribution >= 0.6 is 0 Å². The smallest absolute Gasteiger partial charge is 0.275 e. The van der Waals surface area contributed by atoms with E-state index >= 15 is 0 Å². The molecule has 1 saturated carbocycles. The summed E-state index contributed by atoms with van der Waals surface area (Å²) in [6.07, 6.45) is 7.95. The fraction of sp³-hybridized carbons (Fsp3) is 0.263. The molecule has 5 rings (SSSR count). The van der Waals surface area contributed by atoms with Crippen molar-refractivity contribution in [2.45, 2.75) is 25.9 Å². The molecular weight excluding hydrogens is 330 g/mol. The van der Waals surface area contributed by atoms with Gasteiger partial charge in [-0.15, -0.1) is 0 Å². The van der Waals surface area contributed by atoms with Gasteiger partial charge in [0.1, 0.15) is 17.8 Å². The summed E-state index contributed by atoms with van der Waals surface area (Å²) in [7, 11) is 0. The molecule has 4 heterocycles. The van der Waals surface area contributed by atoms with E-state index in [1.165, 1.54) is 12.8 Å². The summed E-state index contributed by atoms with van der Waals surface area (Å²) in [4.78, 5) is 21.5. The second-order valence-electron chi connectivity index (χ2n) is 6.69. The van der Waals surface area contributed by atoms with E-state index in [1.807, 2.05) is 36.5 Å². The number of nitrogens with zero attached hydrogens (tertiary/aromatic N) is 5. The maximum Gasteiger partial charge on any atom is 0.275 e. The Morgan fingerprint density at radius 2 is 1.96 bits per heavy atom. The lowest BCUT2D eigenvalue weighted by atomic mass is 10.3. The fourth-order valence-corrected chi connectivity index (χ4v) is 3.16. The van der Waals surface area contributed by atoms with Gasteiger partial charge in [-0.1, -0.05) is 11.2 Å². The Hall–Kier alpha value is -3.22. The quantitative estimate of drug-likeness (QED) is 0.555. The van der Waals surface area contributed by atoms with Gasteiger partial charge in [0, 0.05) is 30.5 Å². The number of aromatic nitrogens is 5. The van der Waals surface area contributed by atoms with Gasteiger partial charge in [0.05, 0.1) is 0 Å². The molecule has 1 fully saturated rings. The van der Waals surface area contributed by atoms with E-state index in [0.29, 0.717) is 23.3 Å². The highest BCUT2D eigenvalue weighted by Gasteiger charge is 2.23. The van der Waals surface area contributed by atoms with Crippen LogP contribution in [-0.2, 0) is 13.1 Å². The molecule has 0 bridgehead atoms. The molecule has 0 aliphatic heterocycles. The average Bonchev–Trinajstić information content (AvgIpc) is 3.20. The van der Waals surface area contributed by atoms with Crippen molar-refractivity contribution in [1.29, 1.82) is 0 Å². The van der Waals surface area contributed by atoms with Crippen molar-refractivity contribution in [3.63, 3.8) is 0 Å². The molecule has 0 unspecified atom stereocenters. The van der Waals surface area contributed by atoms with E-state index in [9.17, 15) is 4.79 Å². The minimum Gasteiger partial charge on any atom is -0.343 e. The summed E-state index contributed by atoms with van der Waals surface area (Å²) < 4.78 is 8.99. The van der Waals surface area contributed by atoms with Crippen molar-refractivity contribution in [3.05, 3.63) is 65.2 Å². The predicted octanol–water partition coefficient (Wildman–Crippen LogP) is 2.71. The number of rotatable bonds is 5. The van der Waals surface area contributed by atoms with Crippen LogP contribution < -0.4 is 5.56 Å². The zero-order valence-corrected chi connectivity index (χ0v) is 14.1. The fourth-order valence-electron chi connectivity index (χ4n) is 3.16. The van der Waals surface area contributed by atoms with E-state index in [2.05, 4.69) is 19.7 Å². The Kier molecular flexibility index (Phi) is 3.44. The highest BCUT2D eigenvalue weighted by atomic mass is 16.5. The SMILES string of the molecule is O=c1c2c(ccn1Cc1nc(-c3ccccn3)no1)ccn2CC1CC1. The first-order valence-corrected chi connectivity index (χ1v) is 8.70. The lowest BCUT2D eigenvalue weighted by Crippen LogP contribution is -2.22. The average molecular weight is 347 g/mol. The number of pyridine rings is 2. The molecule has 0 saturated heterocycles. The Morgan fingerprint density at radius 3 is 2.73 bits per heavy atom. The van der Waals surface area contributed by atoms with Crippen LogP contribution in [0.1, 0.15) is 18.7 Å². The molecule has 0 N–H and O–H groups in total. The van der Waals surface area contributed by atoms with Crippen molar-refractivity contribution in [2.24, 2.45) is 5.92 Å². The van der Waals surface area contributed by atoms with Gasteiger partial charge < -0.3 is 13.7 Å². The van der Waals surface area contributed by atoms with Gasteiger partial charge in [-0.2, -0.15) is 4.98 Å². The van der Waals surface area contributed by atoms with E-state index in [0.717, 1.165) is 17.4 Å². The molecule has 0 amide bonds. The third-order valence-corrected chi connectivity index (χ3v) is 4.71. The molecule has 1 aliphatic rings. The molecule has 130 valence electrons. The van der Waals surface area contributed by atoms with E-state index in [-0.39, 0.29) is 12.1 Å². The van der Waals surface area contributed by atoms with E-state index in [4.69, 9.17) is 4.52 Å². The number of hydrogen-bond donors (Lipinski definition) is 0. The predicted molar refractivity (Wildman–Crippen MR) is 95.6 cm³/mol. The van der Waals surface area contributed by atoms with Gasteiger partial charge in [0.25, 0.3) is 5.56 Å². The van der Waals surface area contributed by atoms with Gasteiger partial charge in [-0.3, -0.25) is 9.78 Å². The maximum atomic E-state index is 12.9. The molecule has 1 aliphatic carbocycles. The second kappa shape index (κ2) is 5.94. The Labute approximate surface area is 148 Å². The van der Waals surface area contributed by atoms with Crippen LogP contribution in [-0.4, -0.2) is 24.3 Å². The van der Waals surface area contributed by atoms with Crippen molar-refractivity contribution in [1.82, 2.24) is 24.3 Å². The molecule has 4 aromatic rings. The largest absolute Gasteiger partial charge is 0.343 e. The maximum absolute atomic E-state index is 12.9. The van der Waals surface area contributed by atoms with Crippen molar-refractivity contribution in [3.8, 4) is 11.5 Å².